The number of rotatable bonds is 17. The molecule has 5 aromatic carbocycles. The van der Waals surface area contributed by atoms with Crippen molar-refractivity contribution < 1.29 is 51.8 Å². The highest BCUT2D eigenvalue weighted by Crippen LogP contribution is 2.39. The van der Waals surface area contributed by atoms with Crippen LogP contribution in [0, 0.1) is 0 Å². The summed E-state index contributed by atoms with van der Waals surface area (Å²) in [6.07, 6.45) is -9.16. The number of ether oxygens (including phenoxy) is 9. The van der Waals surface area contributed by atoms with Crippen molar-refractivity contribution in [3.63, 3.8) is 0 Å². The van der Waals surface area contributed by atoms with Crippen LogP contribution in [0.15, 0.2) is 152 Å². The Bertz CT molecular complexity index is 2050. The lowest BCUT2D eigenvalue weighted by atomic mass is 9.95. The molecular weight excluding hydrogens is 782 g/mol. The molecule has 3 aliphatic rings. The highest BCUT2D eigenvalue weighted by Gasteiger charge is 2.55. The second kappa shape index (κ2) is 21.3. The second-order valence-corrected chi connectivity index (χ2v) is 15.3. The lowest BCUT2D eigenvalue weighted by Crippen LogP contribution is -2.68. The zero-order valence-corrected chi connectivity index (χ0v) is 34.0. The Morgan fingerprint density at radius 3 is 1.48 bits per heavy atom. The molecule has 1 N–H and O–H groups in total. The summed E-state index contributed by atoms with van der Waals surface area (Å²) in [6, 6.07) is 47.6. The summed E-state index contributed by atoms with van der Waals surface area (Å²) in [5, 5.41) is 2.89. The van der Waals surface area contributed by atoms with Crippen LogP contribution < -0.4 is 5.32 Å². The molecule has 0 saturated carbocycles. The second-order valence-electron chi connectivity index (χ2n) is 15.3. The van der Waals surface area contributed by atoms with Gasteiger partial charge in [0.15, 0.2) is 18.9 Å². The Balaban J connectivity index is 1.14. The van der Waals surface area contributed by atoms with Crippen molar-refractivity contribution in [1.82, 2.24) is 5.32 Å². The van der Waals surface area contributed by atoms with E-state index in [-0.39, 0.29) is 38.9 Å². The van der Waals surface area contributed by atoms with Gasteiger partial charge < -0.3 is 47.9 Å². The zero-order valence-electron chi connectivity index (χ0n) is 34.0. The maximum absolute atomic E-state index is 15.2. The maximum Gasteiger partial charge on any atom is 0.217 e. The van der Waals surface area contributed by atoms with Gasteiger partial charge in [0.05, 0.1) is 39.1 Å². The van der Waals surface area contributed by atoms with Gasteiger partial charge in [0, 0.05) is 12.5 Å². The number of amides is 1. The van der Waals surface area contributed by atoms with Crippen molar-refractivity contribution in [2.45, 2.75) is 101 Å². The molecule has 8 rings (SSSR count). The molecule has 3 fully saturated rings. The molecule has 3 saturated heterocycles. The molecule has 0 unspecified atom stereocenters. The number of carbonyl (C=O) groups is 1. The molecule has 0 radical (unpaired) electrons. The van der Waals surface area contributed by atoms with E-state index in [0.29, 0.717) is 0 Å². The van der Waals surface area contributed by atoms with Crippen LogP contribution in [-0.2, 0) is 73.9 Å². The number of benzene rings is 5. The molecule has 0 spiro atoms. The van der Waals surface area contributed by atoms with Crippen LogP contribution in [0.4, 0.5) is 4.39 Å². The minimum absolute atomic E-state index is 0.141. The first kappa shape index (κ1) is 42.8. The summed E-state index contributed by atoms with van der Waals surface area (Å²) < 4.78 is 75.2. The monoisotopic (exact) mass is 833 g/mol. The summed E-state index contributed by atoms with van der Waals surface area (Å²) in [6.45, 7) is 1.31. The fraction of sp³-hybridized carbons (Fsp3) is 0.367. The molecule has 12 heteroatoms. The van der Waals surface area contributed by atoms with Gasteiger partial charge in [-0.1, -0.05) is 152 Å². The summed E-state index contributed by atoms with van der Waals surface area (Å²) in [4.78, 5) is 12.7. The van der Waals surface area contributed by atoms with Gasteiger partial charge in [0.25, 0.3) is 0 Å². The predicted octanol–water partition coefficient (Wildman–Crippen LogP) is 7.38. The summed E-state index contributed by atoms with van der Waals surface area (Å²) >= 11 is 0. The third kappa shape index (κ3) is 11.2. The molecule has 0 aliphatic carbocycles. The van der Waals surface area contributed by atoms with E-state index in [4.69, 9.17) is 42.6 Å². The molecule has 5 aromatic rings. The van der Waals surface area contributed by atoms with Crippen LogP contribution in [0.2, 0.25) is 0 Å². The van der Waals surface area contributed by atoms with Gasteiger partial charge in [0.2, 0.25) is 5.91 Å². The molecule has 61 heavy (non-hydrogen) atoms. The minimum atomic E-state index is -1.27. The van der Waals surface area contributed by atoms with Crippen molar-refractivity contribution in [1.29, 1.82) is 0 Å². The van der Waals surface area contributed by atoms with Gasteiger partial charge >= 0.3 is 0 Å². The SMILES string of the molecule is CC(=O)N[C@@H]1[C@H](OCc2ccccc2)[C@@H](OCc2ccccc2)[C@@H](O[C@@H]2O[C@@H]3CO[C@@H](c4ccccc4)O[C@H]3[C@H](OCc3ccccc3)[C@H]2OCc2ccccc2)O[C@@H]1CF. The van der Waals surface area contributed by atoms with Crippen LogP contribution in [0.25, 0.3) is 0 Å². The molecular formula is C49H52FNO10. The maximum atomic E-state index is 15.2. The van der Waals surface area contributed by atoms with Crippen LogP contribution >= 0.6 is 0 Å². The van der Waals surface area contributed by atoms with E-state index in [1.54, 1.807) is 0 Å². The number of carbonyl (C=O) groups excluding carboxylic acids is 1. The Kier molecular flexibility index (Phi) is 14.9. The molecule has 1 amide bonds. The van der Waals surface area contributed by atoms with E-state index in [9.17, 15) is 4.79 Å². The first-order chi connectivity index (χ1) is 30.0. The Morgan fingerprint density at radius 1 is 0.574 bits per heavy atom. The molecule has 320 valence electrons. The lowest BCUT2D eigenvalue weighted by molar-refractivity contribution is -0.405. The van der Waals surface area contributed by atoms with E-state index >= 15 is 4.39 Å². The summed E-state index contributed by atoms with van der Waals surface area (Å²) in [5.74, 6) is -0.373. The summed E-state index contributed by atoms with van der Waals surface area (Å²) in [7, 11) is 0. The third-order valence-electron chi connectivity index (χ3n) is 10.9. The highest BCUT2D eigenvalue weighted by molar-refractivity contribution is 5.73. The zero-order chi connectivity index (χ0) is 41.8. The van der Waals surface area contributed by atoms with E-state index in [0.717, 1.165) is 27.8 Å². The molecule has 3 heterocycles. The number of nitrogens with one attached hydrogen (secondary N) is 1. The van der Waals surface area contributed by atoms with Crippen molar-refractivity contribution >= 4 is 5.91 Å². The number of fused-ring (bicyclic) bond motifs is 1. The number of hydrogen-bond donors (Lipinski definition) is 1. The molecule has 11 nitrogen and oxygen atoms in total. The van der Waals surface area contributed by atoms with E-state index in [2.05, 4.69) is 5.32 Å². The standard InChI is InChI=1S/C49H52FNO10/c1-33(52)51-41-39(27-50)58-48(45(55-30-36-21-11-4-12-22-36)43(41)53-28-34-17-7-2-8-18-34)61-49-46(56-31-37-23-13-5-14-24-37)44(54-29-35-19-9-3-10-20-35)42-40(59-49)32-57-47(60-42)38-25-15-6-16-26-38/h2-26,39-49H,27-32H2,1H3,(H,51,52)/t39-,40-,41+,42-,43+,44+,45-,46-,47-,48-,49+/m1/s1. The van der Waals surface area contributed by atoms with Gasteiger partial charge in [-0.2, -0.15) is 0 Å². The topological polar surface area (TPSA) is 112 Å². The van der Waals surface area contributed by atoms with Crippen LogP contribution in [0.5, 0.6) is 0 Å². The normalized spacial score (nSPS) is 28.7. The molecule has 3 aliphatic heterocycles. The molecule has 0 bridgehead atoms. The molecule has 0 aromatic heterocycles. The highest BCUT2D eigenvalue weighted by atomic mass is 19.1. The largest absolute Gasteiger partial charge is 0.368 e. The number of hydrogen-bond acceptors (Lipinski definition) is 10. The molecule has 11 atom stereocenters. The van der Waals surface area contributed by atoms with E-state index in [1.165, 1.54) is 6.92 Å². The van der Waals surface area contributed by atoms with Gasteiger partial charge in [-0.3, -0.25) is 4.79 Å². The van der Waals surface area contributed by atoms with E-state index < -0.39 is 74.3 Å². The average Bonchev–Trinajstić information content (AvgIpc) is 3.31. The Morgan fingerprint density at radius 2 is 1.00 bits per heavy atom. The predicted molar refractivity (Wildman–Crippen MR) is 222 cm³/mol. The Hall–Kier alpha value is -4.86. The van der Waals surface area contributed by atoms with E-state index in [1.807, 2.05) is 152 Å². The minimum Gasteiger partial charge on any atom is -0.368 e. The first-order valence-electron chi connectivity index (χ1n) is 20.8. The first-order valence-corrected chi connectivity index (χ1v) is 20.8. The van der Waals surface area contributed by atoms with Crippen molar-refractivity contribution in [2.75, 3.05) is 13.3 Å². The Labute approximate surface area is 355 Å². The smallest absolute Gasteiger partial charge is 0.217 e. The summed E-state index contributed by atoms with van der Waals surface area (Å²) in [5.41, 5.74) is 4.49. The quantitative estimate of drug-likeness (QED) is 0.102. The fourth-order valence-corrected chi connectivity index (χ4v) is 7.93. The third-order valence-corrected chi connectivity index (χ3v) is 10.9. The van der Waals surface area contributed by atoms with Crippen LogP contribution in [-0.4, -0.2) is 80.5 Å². The van der Waals surface area contributed by atoms with Crippen LogP contribution in [0.3, 0.4) is 0 Å². The fourth-order valence-electron chi connectivity index (χ4n) is 7.93. The van der Waals surface area contributed by atoms with Crippen LogP contribution in [0.1, 0.15) is 41.0 Å². The van der Waals surface area contributed by atoms with Gasteiger partial charge in [-0.15, -0.1) is 0 Å². The lowest BCUT2D eigenvalue weighted by Gasteiger charge is -2.51. The average molecular weight is 834 g/mol. The number of halogens is 1. The van der Waals surface area contributed by atoms with Crippen molar-refractivity contribution in [2.24, 2.45) is 0 Å². The van der Waals surface area contributed by atoms with Gasteiger partial charge in [0.1, 0.15) is 49.4 Å². The van der Waals surface area contributed by atoms with Gasteiger partial charge in [-0.25, -0.2) is 4.39 Å². The van der Waals surface area contributed by atoms with Crippen molar-refractivity contribution in [3.8, 4) is 0 Å². The number of alkyl halides is 1. The van der Waals surface area contributed by atoms with Crippen molar-refractivity contribution in [3.05, 3.63) is 179 Å². The van der Waals surface area contributed by atoms with Gasteiger partial charge in [-0.05, 0) is 22.3 Å².